The van der Waals surface area contributed by atoms with E-state index in [1.165, 1.54) is 11.3 Å². The molecular formula is C18H22ClN3O2S. The molecule has 134 valence electrons. The van der Waals surface area contributed by atoms with Gasteiger partial charge in [-0.15, -0.1) is 23.7 Å². The second kappa shape index (κ2) is 8.47. The topological polar surface area (TPSA) is 75.4 Å². The maximum absolute atomic E-state index is 12.8. The van der Waals surface area contributed by atoms with Crippen LogP contribution in [0.3, 0.4) is 0 Å². The molecule has 3 N–H and O–H groups in total. The fourth-order valence-corrected chi connectivity index (χ4v) is 3.71. The second-order valence-electron chi connectivity index (χ2n) is 6.16. The number of nitrogens with two attached hydrogens (primary N) is 1. The van der Waals surface area contributed by atoms with Gasteiger partial charge in [0.15, 0.2) is 0 Å². The number of amides is 2. The van der Waals surface area contributed by atoms with Crippen LogP contribution in [0.2, 0.25) is 0 Å². The Hall–Kier alpha value is -1.89. The number of benzene rings is 1. The number of hydrogen-bond donors (Lipinski definition) is 2. The van der Waals surface area contributed by atoms with E-state index in [9.17, 15) is 9.59 Å². The Bertz CT molecular complexity index is 736. The summed E-state index contributed by atoms with van der Waals surface area (Å²) in [6.45, 7) is 3.35. The average Bonchev–Trinajstić information content (AvgIpc) is 3.24. The van der Waals surface area contributed by atoms with Crippen molar-refractivity contribution < 1.29 is 9.59 Å². The Morgan fingerprint density at radius 1 is 1.32 bits per heavy atom. The first-order valence-corrected chi connectivity index (χ1v) is 8.92. The summed E-state index contributed by atoms with van der Waals surface area (Å²) in [5.41, 5.74) is 6.95. The monoisotopic (exact) mass is 379 g/mol. The van der Waals surface area contributed by atoms with E-state index in [0.717, 1.165) is 6.42 Å². The lowest BCUT2D eigenvalue weighted by molar-refractivity contribution is 0.0743. The van der Waals surface area contributed by atoms with E-state index < -0.39 is 0 Å². The van der Waals surface area contributed by atoms with E-state index in [-0.39, 0.29) is 30.3 Å². The van der Waals surface area contributed by atoms with Gasteiger partial charge in [0.05, 0.1) is 4.88 Å². The molecule has 1 aromatic heterocycles. The number of anilines is 1. The van der Waals surface area contributed by atoms with E-state index in [4.69, 9.17) is 5.73 Å². The molecule has 3 rings (SSSR count). The molecule has 0 spiro atoms. The molecule has 2 atom stereocenters. The first kappa shape index (κ1) is 19.4. The van der Waals surface area contributed by atoms with Crippen LogP contribution >= 0.6 is 23.7 Å². The van der Waals surface area contributed by atoms with Gasteiger partial charge in [-0.25, -0.2) is 0 Å². The molecule has 1 saturated heterocycles. The Kier molecular flexibility index (Phi) is 6.58. The van der Waals surface area contributed by atoms with Gasteiger partial charge < -0.3 is 16.0 Å². The molecule has 1 aliphatic heterocycles. The van der Waals surface area contributed by atoms with Crippen molar-refractivity contribution in [1.82, 2.24) is 4.90 Å². The highest BCUT2D eigenvalue weighted by molar-refractivity contribution is 7.12. The molecule has 0 aliphatic carbocycles. The molecule has 2 aromatic rings. The fraction of sp³-hybridized carbons (Fsp3) is 0.333. The van der Waals surface area contributed by atoms with Crippen molar-refractivity contribution in [3.05, 3.63) is 52.2 Å². The highest BCUT2D eigenvalue weighted by atomic mass is 35.5. The summed E-state index contributed by atoms with van der Waals surface area (Å²) >= 11 is 1.39. The number of hydrogen-bond acceptors (Lipinski definition) is 4. The van der Waals surface area contributed by atoms with Crippen LogP contribution in [-0.2, 0) is 0 Å². The standard InChI is InChI=1S/C18H21N3O2S.ClH/c1-12-8-13(10-19)11-21(12)18(23)14-4-2-5-15(9-14)20-17(22)16-6-3-7-24-16;/h2-7,9,12-13H,8,10-11,19H2,1H3,(H,20,22);1H. The van der Waals surface area contributed by atoms with E-state index in [1.54, 1.807) is 30.3 Å². The average molecular weight is 380 g/mol. The van der Waals surface area contributed by atoms with Crippen LogP contribution in [0, 0.1) is 5.92 Å². The molecule has 1 aromatic carbocycles. The molecule has 0 bridgehead atoms. The molecule has 0 saturated carbocycles. The lowest BCUT2D eigenvalue weighted by Crippen LogP contribution is -2.34. The number of likely N-dealkylation sites (tertiary alicyclic amines) is 1. The Morgan fingerprint density at radius 3 is 2.76 bits per heavy atom. The summed E-state index contributed by atoms with van der Waals surface area (Å²) in [5.74, 6) is 0.198. The predicted octanol–water partition coefficient (Wildman–Crippen LogP) is 3.23. The molecule has 2 unspecified atom stereocenters. The van der Waals surface area contributed by atoms with Crippen molar-refractivity contribution >= 4 is 41.2 Å². The summed E-state index contributed by atoms with van der Waals surface area (Å²) in [5, 5.41) is 4.70. The minimum absolute atomic E-state index is 0. The quantitative estimate of drug-likeness (QED) is 0.856. The fourth-order valence-electron chi connectivity index (χ4n) is 3.09. The zero-order chi connectivity index (χ0) is 17.1. The van der Waals surface area contributed by atoms with Gasteiger partial charge in [-0.2, -0.15) is 0 Å². The van der Waals surface area contributed by atoms with Crippen LogP contribution in [0.1, 0.15) is 33.4 Å². The molecule has 7 heteroatoms. The molecule has 2 amide bonds. The predicted molar refractivity (Wildman–Crippen MR) is 104 cm³/mol. The number of nitrogens with zero attached hydrogens (tertiary/aromatic N) is 1. The van der Waals surface area contributed by atoms with E-state index >= 15 is 0 Å². The number of thiophene rings is 1. The van der Waals surface area contributed by atoms with Gasteiger partial charge in [0.25, 0.3) is 11.8 Å². The first-order valence-electron chi connectivity index (χ1n) is 8.04. The second-order valence-corrected chi connectivity index (χ2v) is 7.10. The summed E-state index contributed by atoms with van der Waals surface area (Å²) < 4.78 is 0. The summed E-state index contributed by atoms with van der Waals surface area (Å²) in [6.07, 6.45) is 0.942. The van der Waals surface area contributed by atoms with Crippen molar-refractivity contribution in [2.75, 3.05) is 18.4 Å². The van der Waals surface area contributed by atoms with E-state index in [2.05, 4.69) is 12.2 Å². The molecule has 5 nitrogen and oxygen atoms in total. The van der Waals surface area contributed by atoms with Crippen LogP contribution < -0.4 is 11.1 Å². The lowest BCUT2D eigenvalue weighted by Gasteiger charge is -2.22. The third kappa shape index (κ3) is 4.39. The largest absolute Gasteiger partial charge is 0.336 e. The van der Waals surface area contributed by atoms with Crippen LogP contribution in [0.5, 0.6) is 0 Å². The zero-order valence-corrected chi connectivity index (χ0v) is 15.6. The summed E-state index contributed by atoms with van der Waals surface area (Å²) in [4.78, 5) is 27.4. The Labute approximate surface area is 157 Å². The number of carbonyl (C=O) groups is 2. The maximum Gasteiger partial charge on any atom is 0.265 e. The third-order valence-corrected chi connectivity index (χ3v) is 5.24. The number of carbonyl (C=O) groups excluding carboxylic acids is 2. The van der Waals surface area contributed by atoms with Gasteiger partial charge in [-0.05, 0) is 55.5 Å². The summed E-state index contributed by atoms with van der Waals surface area (Å²) in [6, 6.07) is 10.9. The third-order valence-electron chi connectivity index (χ3n) is 4.37. The smallest absolute Gasteiger partial charge is 0.265 e. The van der Waals surface area contributed by atoms with Gasteiger partial charge >= 0.3 is 0 Å². The highest BCUT2D eigenvalue weighted by Crippen LogP contribution is 2.25. The maximum atomic E-state index is 12.8. The number of nitrogens with one attached hydrogen (secondary N) is 1. The molecular weight excluding hydrogens is 358 g/mol. The zero-order valence-electron chi connectivity index (χ0n) is 14.0. The summed E-state index contributed by atoms with van der Waals surface area (Å²) in [7, 11) is 0. The van der Waals surface area contributed by atoms with Crippen LogP contribution in [0.4, 0.5) is 5.69 Å². The SMILES string of the molecule is CC1CC(CN)CN1C(=O)c1cccc(NC(=O)c2cccs2)c1.Cl. The van der Waals surface area contributed by atoms with Gasteiger partial charge in [0.1, 0.15) is 0 Å². The lowest BCUT2D eigenvalue weighted by atomic mass is 10.1. The van der Waals surface area contributed by atoms with E-state index in [0.29, 0.717) is 35.1 Å². The van der Waals surface area contributed by atoms with Gasteiger partial charge in [0.2, 0.25) is 0 Å². The molecule has 1 aliphatic rings. The van der Waals surface area contributed by atoms with Crippen LogP contribution in [0.25, 0.3) is 0 Å². The van der Waals surface area contributed by atoms with Crippen molar-refractivity contribution in [1.29, 1.82) is 0 Å². The molecule has 2 heterocycles. The van der Waals surface area contributed by atoms with Crippen molar-refractivity contribution in [2.45, 2.75) is 19.4 Å². The molecule has 0 radical (unpaired) electrons. The molecule has 1 fully saturated rings. The number of rotatable bonds is 4. The Balaban J connectivity index is 0.00000225. The minimum Gasteiger partial charge on any atom is -0.336 e. The number of halogens is 1. The van der Waals surface area contributed by atoms with Crippen molar-refractivity contribution in [3.63, 3.8) is 0 Å². The normalized spacial score (nSPS) is 19.4. The Morgan fingerprint density at radius 2 is 2.12 bits per heavy atom. The van der Waals surface area contributed by atoms with Crippen molar-refractivity contribution in [2.24, 2.45) is 11.7 Å². The van der Waals surface area contributed by atoms with Crippen LogP contribution in [0.15, 0.2) is 41.8 Å². The van der Waals surface area contributed by atoms with Crippen molar-refractivity contribution in [3.8, 4) is 0 Å². The van der Waals surface area contributed by atoms with E-state index in [1.807, 2.05) is 16.3 Å². The van der Waals surface area contributed by atoms with Gasteiger partial charge in [-0.3, -0.25) is 9.59 Å². The minimum atomic E-state index is -0.160. The van der Waals surface area contributed by atoms with Crippen LogP contribution in [-0.4, -0.2) is 35.8 Å². The van der Waals surface area contributed by atoms with Gasteiger partial charge in [0, 0.05) is 23.8 Å². The van der Waals surface area contributed by atoms with Gasteiger partial charge in [-0.1, -0.05) is 12.1 Å². The molecule has 25 heavy (non-hydrogen) atoms. The first-order chi connectivity index (χ1) is 11.6. The highest BCUT2D eigenvalue weighted by Gasteiger charge is 2.32.